The number of hydrogen-bond donors (Lipinski definition) is 1. The molecule has 1 saturated heterocycles. The third kappa shape index (κ3) is 2.24. The van der Waals surface area contributed by atoms with Gasteiger partial charge < -0.3 is 4.90 Å². The van der Waals surface area contributed by atoms with E-state index in [4.69, 9.17) is 0 Å². The Labute approximate surface area is 98.6 Å². The van der Waals surface area contributed by atoms with Crippen molar-refractivity contribution in [2.45, 2.75) is 65.1 Å². The Morgan fingerprint density at radius 3 is 2.62 bits per heavy atom. The molecule has 1 amide bonds. The number of carbonyl (C=O) groups excluding carboxylic acids is 1. The van der Waals surface area contributed by atoms with E-state index < -0.39 is 0 Å². The van der Waals surface area contributed by atoms with Gasteiger partial charge in [-0.3, -0.25) is 10.1 Å². The Morgan fingerprint density at radius 1 is 1.44 bits per heavy atom. The van der Waals surface area contributed by atoms with Gasteiger partial charge in [-0.1, -0.05) is 27.2 Å². The van der Waals surface area contributed by atoms with Gasteiger partial charge in [0.1, 0.15) is 0 Å². The summed E-state index contributed by atoms with van der Waals surface area (Å²) in [5.74, 6) is 0.335. The molecule has 2 fully saturated rings. The number of nitrogens with one attached hydrogen (secondary N) is 1. The number of rotatable bonds is 5. The Balaban J connectivity index is 2.00. The molecule has 0 spiro atoms. The Bertz CT molecular complexity index is 273. The fourth-order valence-electron chi connectivity index (χ4n) is 2.55. The van der Waals surface area contributed by atoms with Crippen molar-refractivity contribution < 1.29 is 4.79 Å². The van der Waals surface area contributed by atoms with Crippen molar-refractivity contribution in [1.82, 2.24) is 10.2 Å². The molecule has 0 radical (unpaired) electrons. The highest BCUT2D eigenvalue weighted by Gasteiger charge is 2.45. The summed E-state index contributed by atoms with van der Waals surface area (Å²) in [5, 5.41) is 3.47. The standard InChI is InChI=1S/C13H24N2O/c1-4-6-10-12(16)15(11(5-2)14-10)9-13(3)7-8-13/h10-11,14H,4-9H2,1-3H3. The highest BCUT2D eigenvalue weighted by Crippen LogP contribution is 2.46. The molecule has 0 aromatic carbocycles. The lowest BCUT2D eigenvalue weighted by atomic mass is 10.1. The maximum atomic E-state index is 12.2. The van der Waals surface area contributed by atoms with Crippen molar-refractivity contribution in [3.8, 4) is 0 Å². The lowest BCUT2D eigenvalue weighted by Crippen LogP contribution is -2.40. The van der Waals surface area contributed by atoms with Crippen LogP contribution in [0.2, 0.25) is 0 Å². The average molecular weight is 224 g/mol. The van der Waals surface area contributed by atoms with Gasteiger partial charge >= 0.3 is 0 Å². The molecule has 3 heteroatoms. The van der Waals surface area contributed by atoms with Gasteiger partial charge in [0.2, 0.25) is 5.91 Å². The average Bonchev–Trinajstić information content (AvgIpc) is 2.92. The maximum Gasteiger partial charge on any atom is 0.241 e. The summed E-state index contributed by atoms with van der Waals surface area (Å²) in [6, 6.07) is 0.0808. The van der Waals surface area contributed by atoms with Crippen LogP contribution in [0.15, 0.2) is 0 Å². The largest absolute Gasteiger partial charge is 0.325 e. The van der Waals surface area contributed by atoms with Gasteiger partial charge in [0.15, 0.2) is 0 Å². The lowest BCUT2D eigenvalue weighted by Gasteiger charge is -2.26. The van der Waals surface area contributed by atoms with Crippen molar-refractivity contribution in [3.63, 3.8) is 0 Å². The van der Waals surface area contributed by atoms with Crippen LogP contribution >= 0.6 is 0 Å². The SMILES string of the molecule is CCCC1NC(CC)N(CC2(C)CC2)C1=O. The van der Waals surface area contributed by atoms with Crippen molar-refractivity contribution in [2.75, 3.05) is 6.54 Å². The zero-order chi connectivity index (χ0) is 11.8. The van der Waals surface area contributed by atoms with Gasteiger partial charge in [0.05, 0.1) is 12.2 Å². The third-order valence-corrected chi connectivity index (χ3v) is 3.97. The van der Waals surface area contributed by atoms with Crippen molar-refractivity contribution >= 4 is 5.91 Å². The first kappa shape index (κ1) is 11.9. The third-order valence-electron chi connectivity index (χ3n) is 3.97. The van der Waals surface area contributed by atoms with Crippen LogP contribution in [0.1, 0.15) is 52.9 Å². The second-order valence-corrected chi connectivity index (χ2v) is 5.71. The summed E-state index contributed by atoms with van der Waals surface area (Å²) < 4.78 is 0. The van der Waals surface area contributed by atoms with E-state index in [1.807, 2.05) is 0 Å². The predicted molar refractivity (Wildman–Crippen MR) is 65.0 cm³/mol. The Kier molecular flexibility index (Phi) is 3.24. The van der Waals surface area contributed by atoms with Crippen LogP contribution in [0.5, 0.6) is 0 Å². The molecule has 0 bridgehead atoms. The minimum Gasteiger partial charge on any atom is -0.325 e. The van der Waals surface area contributed by atoms with Gasteiger partial charge in [0, 0.05) is 6.54 Å². The van der Waals surface area contributed by atoms with E-state index >= 15 is 0 Å². The first-order chi connectivity index (χ1) is 7.59. The van der Waals surface area contributed by atoms with Gasteiger partial charge in [-0.25, -0.2) is 0 Å². The van der Waals surface area contributed by atoms with Crippen LogP contribution in [-0.4, -0.2) is 29.6 Å². The van der Waals surface area contributed by atoms with Crippen LogP contribution in [0.25, 0.3) is 0 Å². The summed E-state index contributed by atoms with van der Waals surface area (Å²) in [7, 11) is 0. The summed E-state index contributed by atoms with van der Waals surface area (Å²) in [6.07, 6.45) is 5.91. The molecular formula is C13H24N2O. The summed E-state index contributed by atoms with van der Waals surface area (Å²) in [6.45, 7) is 7.54. The van der Waals surface area contributed by atoms with E-state index in [-0.39, 0.29) is 12.2 Å². The number of amides is 1. The van der Waals surface area contributed by atoms with Gasteiger partial charge in [-0.2, -0.15) is 0 Å². The zero-order valence-electron chi connectivity index (χ0n) is 10.8. The second kappa shape index (κ2) is 4.36. The minimum absolute atomic E-state index is 0.0808. The molecule has 2 aliphatic rings. The highest BCUT2D eigenvalue weighted by molar-refractivity contribution is 5.84. The van der Waals surface area contributed by atoms with E-state index in [0.717, 1.165) is 25.8 Å². The molecule has 1 aliphatic carbocycles. The molecule has 2 atom stereocenters. The van der Waals surface area contributed by atoms with Crippen molar-refractivity contribution in [2.24, 2.45) is 5.41 Å². The van der Waals surface area contributed by atoms with Crippen LogP contribution in [0, 0.1) is 5.41 Å². The molecule has 0 aromatic heterocycles. The molecule has 1 aliphatic heterocycles. The predicted octanol–water partition coefficient (Wildman–Crippen LogP) is 2.12. The molecule has 92 valence electrons. The number of carbonyl (C=O) groups is 1. The fraction of sp³-hybridized carbons (Fsp3) is 0.923. The van der Waals surface area contributed by atoms with Crippen LogP contribution in [0.4, 0.5) is 0 Å². The summed E-state index contributed by atoms with van der Waals surface area (Å²) in [4.78, 5) is 14.3. The summed E-state index contributed by atoms with van der Waals surface area (Å²) in [5.41, 5.74) is 0.422. The number of hydrogen-bond acceptors (Lipinski definition) is 2. The van der Waals surface area contributed by atoms with E-state index in [1.165, 1.54) is 12.8 Å². The van der Waals surface area contributed by atoms with E-state index in [9.17, 15) is 4.79 Å². The minimum atomic E-state index is 0.0808. The molecule has 1 heterocycles. The molecule has 1 N–H and O–H groups in total. The Hall–Kier alpha value is -0.570. The first-order valence-corrected chi connectivity index (χ1v) is 6.66. The van der Waals surface area contributed by atoms with E-state index in [1.54, 1.807) is 0 Å². The van der Waals surface area contributed by atoms with Crippen molar-refractivity contribution in [3.05, 3.63) is 0 Å². The van der Waals surface area contributed by atoms with Crippen LogP contribution < -0.4 is 5.32 Å². The maximum absolute atomic E-state index is 12.2. The van der Waals surface area contributed by atoms with Crippen LogP contribution in [-0.2, 0) is 4.79 Å². The monoisotopic (exact) mass is 224 g/mol. The van der Waals surface area contributed by atoms with Crippen LogP contribution in [0.3, 0.4) is 0 Å². The second-order valence-electron chi connectivity index (χ2n) is 5.71. The molecule has 2 unspecified atom stereocenters. The van der Waals surface area contributed by atoms with Gasteiger partial charge in [-0.15, -0.1) is 0 Å². The quantitative estimate of drug-likeness (QED) is 0.776. The van der Waals surface area contributed by atoms with E-state index in [0.29, 0.717) is 11.3 Å². The molecule has 1 saturated carbocycles. The normalized spacial score (nSPS) is 32.2. The Morgan fingerprint density at radius 2 is 2.12 bits per heavy atom. The molecule has 2 rings (SSSR count). The van der Waals surface area contributed by atoms with Crippen molar-refractivity contribution in [1.29, 1.82) is 0 Å². The molecule has 16 heavy (non-hydrogen) atoms. The highest BCUT2D eigenvalue weighted by atomic mass is 16.2. The topological polar surface area (TPSA) is 32.3 Å². The van der Waals surface area contributed by atoms with Gasteiger partial charge in [-0.05, 0) is 31.1 Å². The molecule has 0 aromatic rings. The summed E-state index contributed by atoms with van der Waals surface area (Å²) >= 11 is 0. The number of nitrogens with zero attached hydrogens (tertiary/aromatic N) is 1. The smallest absolute Gasteiger partial charge is 0.241 e. The molecular weight excluding hydrogens is 200 g/mol. The fourth-order valence-corrected chi connectivity index (χ4v) is 2.55. The lowest BCUT2D eigenvalue weighted by molar-refractivity contribution is -0.130. The zero-order valence-corrected chi connectivity index (χ0v) is 10.8. The first-order valence-electron chi connectivity index (χ1n) is 6.66. The van der Waals surface area contributed by atoms with E-state index in [2.05, 4.69) is 31.0 Å². The molecule has 3 nitrogen and oxygen atoms in total. The van der Waals surface area contributed by atoms with Gasteiger partial charge in [0.25, 0.3) is 0 Å².